The number of rotatable bonds is 4. The molecule has 1 aliphatic rings. The molecule has 1 atom stereocenters. The summed E-state index contributed by atoms with van der Waals surface area (Å²) in [4.78, 5) is 32.9. The molecular formula is C25H20ClN3O2S. The number of benzene rings is 3. The van der Waals surface area contributed by atoms with Crippen LogP contribution in [0.3, 0.4) is 0 Å². The summed E-state index contributed by atoms with van der Waals surface area (Å²) in [5, 5.41) is 4.21. The number of carbonyl (C=O) groups excluding carboxylic acids is 2. The summed E-state index contributed by atoms with van der Waals surface area (Å²) in [5.74, 6) is -0.440. The molecule has 0 saturated heterocycles. The molecule has 1 N–H and O–H groups in total. The number of para-hydroxylation sites is 1. The molecule has 0 saturated carbocycles. The van der Waals surface area contributed by atoms with Gasteiger partial charge in [0.25, 0.3) is 5.91 Å². The van der Waals surface area contributed by atoms with Crippen molar-refractivity contribution in [1.29, 1.82) is 0 Å². The van der Waals surface area contributed by atoms with E-state index >= 15 is 0 Å². The molecule has 5 rings (SSSR count). The van der Waals surface area contributed by atoms with E-state index in [0.717, 1.165) is 26.4 Å². The van der Waals surface area contributed by atoms with Gasteiger partial charge in [-0.1, -0.05) is 60.1 Å². The Morgan fingerprint density at radius 1 is 1.00 bits per heavy atom. The van der Waals surface area contributed by atoms with E-state index in [1.165, 1.54) is 0 Å². The van der Waals surface area contributed by atoms with Gasteiger partial charge in [0.1, 0.15) is 11.0 Å². The van der Waals surface area contributed by atoms with Crippen molar-refractivity contribution in [1.82, 2.24) is 15.2 Å². The summed E-state index contributed by atoms with van der Waals surface area (Å²) in [6.45, 7) is 0.684. The minimum atomic E-state index is -0.622. The monoisotopic (exact) mass is 461 g/mol. The predicted molar refractivity (Wildman–Crippen MR) is 127 cm³/mol. The number of hydrogen-bond donors (Lipinski definition) is 1. The van der Waals surface area contributed by atoms with E-state index in [9.17, 15) is 9.59 Å². The van der Waals surface area contributed by atoms with Gasteiger partial charge in [0.05, 0.1) is 27.3 Å². The van der Waals surface area contributed by atoms with Crippen molar-refractivity contribution < 1.29 is 9.59 Å². The Labute approximate surface area is 194 Å². The fourth-order valence-corrected chi connectivity index (χ4v) is 5.16. The lowest BCUT2D eigenvalue weighted by Crippen LogP contribution is -2.52. The fraction of sp³-hybridized carbons (Fsp3) is 0.160. The number of nitrogens with zero attached hydrogens (tertiary/aromatic N) is 2. The lowest BCUT2D eigenvalue weighted by molar-refractivity contribution is -0.126. The summed E-state index contributed by atoms with van der Waals surface area (Å²) < 4.78 is 1.08. The molecule has 1 aliphatic heterocycles. The van der Waals surface area contributed by atoms with Crippen LogP contribution < -0.4 is 5.32 Å². The van der Waals surface area contributed by atoms with Gasteiger partial charge in [-0.2, -0.15) is 0 Å². The Morgan fingerprint density at radius 2 is 1.72 bits per heavy atom. The fourth-order valence-electron chi connectivity index (χ4n) is 4.04. The summed E-state index contributed by atoms with van der Waals surface area (Å²) in [6, 6.07) is 22.1. The van der Waals surface area contributed by atoms with Crippen LogP contribution in [0.2, 0.25) is 5.02 Å². The van der Waals surface area contributed by atoms with Crippen LogP contribution in [-0.2, 0) is 24.3 Å². The largest absolute Gasteiger partial charge is 0.348 e. The lowest BCUT2D eigenvalue weighted by Gasteiger charge is -2.36. The third-order valence-electron chi connectivity index (χ3n) is 5.67. The molecule has 7 heteroatoms. The second-order valence-corrected chi connectivity index (χ2v) is 9.22. The van der Waals surface area contributed by atoms with Gasteiger partial charge in [0.2, 0.25) is 5.91 Å². The van der Waals surface area contributed by atoms with Crippen LogP contribution in [0.5, 0.6) is 0 Å². The van der Waals surface area contributed by atoms with Crippen LogP contribution >= 0.6 is 22.9 Å². The highest BCUT2D eigenvalue weighted by atomic mass is 35.5. The zero-order chi connectivity index (χ0) is 22.1. The Balaban J connectivity index is 1.40. The van der Waals surface area contributed by atoms with Gasteiger partial charge in [-0.15, -0.1) is 11.3 Å². The molecule has 3 aromatic carbocycles. The molecule has 32 heavy (non-hydrogen) atoms. The van der Waals surface area contributed by atoms with Crippen molar-refractivity contribution in [2.75, 3.05) is 0 Å². The molecule has 0 bridgehead atoms. The van der Waals surface area contributed by atoms with E-state index in [0.29, 0.717) is 30.1 Å². The first kappa shape index (κ1) is 20.7. The molecule has 160 valence electrons. The molecule has 2 heterocycles. The van der Waals surface area contributed by atoms with E-state index in [2.05, 4.69) is 10.3 Å². The van der Waals surface area contributed by atoms with Crippen molar-refractivity contribution >= 4 is 45.0 Å². The molecule has 0 radical (unpaired) electrons. The average Bonchev–Trinajstić information content (AvgIpc) is 3.24. The van der Waals surface area contributed by atoms with Crippen LogP contribution in [0.15, 0.2) is 72.8 Å². The number of carbonyl (C=O) groups is 2. The maximum absolute atomic E-state index is 13.4. The Bertz CT molecular complexity index is 1290. The first-order chi connectivity index (χ1) is 15.6. The van der Waals surface area contributed by atoms with E-state index in [1.54, 1.807) is 40.5 Å². The first-order valence-electron chi connectivity index (χ1n) is 10.3. The van der Waals surface area contributed by atoms with Crippen molar-refractivity contribution in [2.24, 2.45) is 0 Å². The molecular weight excluding hydrogens is 442 g/mol. The number of halogens is 1. The van der Waals surface area contributed by atoms with Gasteiger partial charge in [-0.3, -0.25) is 9.59 Å². The van der Waals surface area contributed by atoms with E-state index in [4.69, 9.17) is 11.6 Å². The average molecular weight is 462 g/mol. The first-order valence-corrected chi connectivity index (χ1v) is 11.5. The highest BCUT2D eigenvalue weighted by molar-refractivity contribution is 7.18. The molecule has 1 unspecified atom stereocenters. The maximum atomic E-state index is 13.4. The van der Waals surface area contributed by atoms with Crippen molar-refractivity contribution in [2.45, 2.75) is 25.6 Å². The van der Waals surface area contributed by atoms with Crippen molar-refractivity contribution in [3.63, 3.8) is 0 Å². The van der Waals surface area contributed by atoms with Gasteiger partial charge in [-0.05, 0) is 35.4 Å². The second kappa shape index (κ2) is 8.73. The van der Waals surface area contributed by atoms with Crippen LogP contribution in [0.4, 0.5) is 0 Å². The van der Waals surface area contributed by atoms with Gasteiger partial charge in [0.15, 0.2) is 0 Å². The third kappa shape index (κ3) is 3.99. The number of hydrogen-bond acceptors (Lipinski definition) is 4. The molecule has 5 nitrogen and oxygen atoms in total. The molecule has 0 fully saturated rings. The van der Waals surface area contributed by atoms with Gasteiger partial charge in [0, 0.05) is 13.0 Å². The zero-order valence-corrected chi connectivity index (χ0v) is 18.7. The van der Waals surface area contributed by atoms with E-state index in [-0.39, 0.29) is 11.8 Å². The number of aromatic nitrogens is 1. The lowest BCUT2D eigenvalue weighted by atomic mass is 9.92. The number of thiazole rings is 1. The molecule has 2 amide bonds. The van der Waals surface area contributed by atoms with E-state index < -0.39 is 6.04 Å². The quantitative estimate of drug-likeness (QED) is 0.473. The molecule has 0 spiro atoms. The molecule has 0 aliphatic carbocycles. The van der Waals surface area contributed by atoms with Gasteiger partial charge < -0.3 is 10.2 Å². The van der Waals surface area contributed by atoms with Crippen LogP contribution in [0, 0.1) is 0 Å². The van der Waals surface area contributed by atoms with Crippen LogP contribution in [-0.4, -0.2) is 27.7 Å². The standard InChI is InChI=1S/C25H20ClN3O2S/c26-19-10-4-3-9-18(19)25(31)29-15-17-8-2-1-7-16(17)13-21(29)24(30)27-14-23-28-20-11-5-6-12-22(20)32-23/h1-12,21H,13-15H2,(H,27,30). The summed E-state index contributed by atoms with van der Waals surface area (Å²) in [7, 11) is 0. The number of amides is 2. The highest BCUT2D eigenvalue weighted by Gasteiger charge is 2.35. The Kier molecular flexibility index (Phi) is 5.64. The van der Waals surface area contributed by atoms with Gasteiger partial charge >= 0.3 is 0 Å². The summed E-state index contributed by atoms with van der Waals surface area (Å²) in [5.41, 5.74) is 3.44. The SMILES string of the molecule is O=C(NCc1nc2ccccc2s1)C1Cc2ccccc2CN1C(=O)c1ccccc1Cl. The Morgan fingerprint density at radius 3 is 2.53 bits per heavy atom. The number of fused-ring (bicyclic) bond motifs is 2. The van der Waals surface area contributed by atoms with Crippen LogP contribution in [0.25, 0.3) is 10.2 Å². The highest BCUT2D eigenvalue weighted by Crippen LogP contribution is 2.27. The normalized spacial score (nSPS) is 15.4. The minimum absolute atomic E-state index is 0.195. The number of nitrogens with one attached hydrogen (secondary N) is 1. The van der Waals surface area contributed by atoms with Crippen molar-refractivity contribution in [3.05, 3.63) is 99.5 Å². The molecule has 4 aromatic rings. The van der Waals surface area contributed by atoms with Crippen molar-refractivity contribution in [3.8, 4) is 0 Å². The third-order valence-corrected chi connectivity index (χ3v) is 7.03. The maximum Gasteiger partial charge on any atom is 0.256 e. The van der Waals surface area contributed by atoms with Gasteiger partial charge in [-0.25, -0.2) is 4.98 Å². The molecule has 1 aromatic heterocycles. The topological polar surface area (TPSA) is 62.3 Å². The second-order valence-electron chi connectivity index (χ2n) is 7.69. The Hall–Kier alpha value is -3.22. The minimum Gasteiger partial charge on any atom is -0.348 e. The zero-order valence-electron chi connectivity index (χ0n) is 17.1. The summed E-state index contributed by atoms with van der Waals surface area (Å²) in [6.07, 6.45) is 0.456. The predicted octanol–water partition coefficient (Wildman–Crippen LogP) is 4.83. The smallest absolute Gasteiger partial charge is 0.256 e. The van der Waals surface area contributed by atoms with E-state index in [1.807, 2.05) is 48.5 Å². The van der Waals surface area contributed by atoms with Crippen LogP contribution in [0.1, 0.15) is 26.5 Å². The summed E-state index contributed by atoms with van der Waals surface area (Å²) >= 11 is 7.85.